The zero-order valence-electron chi connectivity index (χ0n) is 10.3. The summed E-state index contributed by atoms with van der Waals surface area (Å²) in [7, 11) is -3.61. The van der Waals surface area contributed by atoms with Crippen LogP contribution in [0, 0.1) is 0 Å². The number of amides is 1. The predicted octanol–water partition coefficient (Wildman–Crippen LogP) is -3.11. The summed E-state index contributed by atoms with van der Waals surface area (Å²) in [5, 5.41) is 2.54. The fourth-order valence-corrected chi connectivity index (χ4v) is 3.42. The first-order valence-corrected chi connectivity index (χ1v) is 7.20. The van der Waals surface area contributed by atoms with Gasteiger partial charge in [0.05, 0.1) is 12.1 Å². The number of esters is 1. The van der Waals surface area contributed by atoms with Crippen molar-refractivity contribution in [1.29, 1.82) is 0 Å². The molecule has 0 spiro atoms. The molecular formula is C9H16N4O5S. The molecule has 2 aliphatic rings. The van der Waals surface area contributed by atoms with Gasteiger partial charge in [-0.25, -0.2) is 0 Å². The Morgan fingerprint density at radius 1 is 1.58 bits per heavy atom. The average Bonchev–Trinajstić information content (AvgIpc) is 2.61. The summed E-state index contributed by atoms with van der Waals surface area (Å²) in [5.74, 6) is -0.753. The van der Waals surface area contributed by atoms with Crippen LogP contribution in [0.4, 0.5) is 0 Å². The molecule has 0 unspecified atom stereocenters. The summed E-state index contributed by atoms with van der Waals surface area (Å²) in [4.78, 5) is 21.6. The first-order valence-electron chi connectivity index (χ1n) is 5.76. The molecule has 1 amide bonds. The second kappa shape index (κ2) is 5.04. The van der Waals surface area contributed by atoms with E-state index in [4.69, 9.17) is 10.5 Å². The van der Waals surface area contributed by atoms with E-state index in [-0.39, 0.29) is 31.6 Å². The number of rotatable bonds is 4. The molecule has 0 aromatic rings. The zero-order chi connectivity index (χ0) is 14.2. The molecule has 0 bridgehead atoms. The SMILES string of the molecule is CC(=O)OC[C@@H]1CN(C[C@H]2NC(=O)[C@H]2N)S(=O)(=O)N1. The third kappa shape index (κ3) is 3.03. The van der Waals surface area contributed by atoms with Crippen LogP contribution in [0.1, 0.15) is 6.92 Å². The van der Waals surface area contributed by atoms with Crippen LogP contribution < -0.4 is 15.8 Å². The lowest BCUT2D eigenvalue weighted by molar-refractivity contribution is -0.141. The van der Waals surface area contributed by atoms with E-state index in [2.05, 4.69) is 10.0 Å². The number of carbonyl (C=O) groups excluding carboxylic acids is 2. The maximum absolute atomic E-state index is 11.8. The van der Waals surface area contributed by atoms with Crippen molar-refractivity contribution in [2.75, 3.05) is 19.7 Å². The molecule has 2 saturated heterocycles. The Morgan fingerprint density at radius 3 is 2.79 bits per heavy atom. The Labute approximate surface area is 110 Å². The van der Waals surface area contributed by atoms with Gasteiger partial charge >= 0.3 is 5.97 Å². The Hall–Kier alpha value is -1.23. The summed E-state index contributed by atoms with van der Waals surface area (Å²) in [6, 6.07) is -1.54. The van der Waals surface area contributed by atoms with Crippen molar-refractivity contribution in [2.45, 2.75) is 25.0 Å². The van der Waals surface area contributed by atoms with Crippen molar-refractivity contribution in [3.63, 3.8) is 0 Å². The first-order chi connectivity index (χ1) is 8.79. The largest absolute Gasteiger partial charge is 0.464 e. The van der Waals surface area contributed by atoms with Crippen LogP contribution >= 0.6 is 0 Å². The molecule has 0 aliphatic carbocycles. The molecule has 10 heteroatoms. The topological polar surface area (TPSA) is 131 Å². The van der Waals surface area contributed by atoms with Gasteiger partial charge in [0.15, 0.2) is 0 Å². The lowest BCUT2D eigenvalue weighted by atomic mass is 10.0. The van der Waals surface area contributed by atoms with E-state index < -0.39 is 28.3 Å². The fourth-order valence-electron chi connectivity index (χ4n) is 1.98. The van der Waals surface area contributed by atoms with E-state index in [9.17, 15) is 18.0 Å². The van der Waals surface area contributed by atoms with E-state index in [1.165, 1.54) is 11.2 Å². The van der Waals surface area contributed by atoms with Crippen LogP contribution in [0.15, 0.2) is 0 Å². The third-order valence-corrected chi connectivity index (χ3v) is 4.64. The fraction of sp³-hybridized carbons (Fsp3) is 0.778. The number of nitrogens with one attached hydrogen (secondary N) is 2. The highest BCUT2D eigenvalue weighted by atomic mass is 32.2. The van der Waals surface area contributed by atoms with Crippen molar-refractivity contribution < 1.29 is 22.7 Å². The third-order valence-electron chi connectivity index (χ3n) is 3.03. The van der Waals surface area contributed by atoms with Gasteiger partial charge in [0.1, 0.15) is 12.6 Å². The standard InChI is InChI=1S/C9H16N4O5S/c1-5(14)18-4-6-2-13(19(16,17)12-6)3-7-8(10)9(15)11-7/h6-8,12H,2-4,10H2,1H3,(H,11,15)/t6-,7+,8-/m0/s1. The molecule has 2 fully saturated rings. The number of hydrogen-bond acceptors (Lipinski definition) is 6. The molecule has 4 N–H and O–H groups in total. The van der Waals surface area contributed by atoms with E-state index >= 15 is 0 Å². The minimum Gasteiger partial charge on any atom is -0.464 e. The van der Waals surface area contributed by atoms with Crippen LogP contribution in [0.2, 0.25) is 0 Å². The summed E-state index contributed by atoms with van der Waals surface area (Å²) in [6.07, 6.45) is 0. The van der Waals surface area contributed by atoms with Gasteiger partial charge in [0.2, 0.25) is 5.91 Å². The quantitative estimate of drug-likeness (QED) is 0.371. The molecule has 2 rings (SSSR count). The van der Waals surface area contributed by atoms with Crippen molar-refractivity contribution in [3.8, 4) is 0 Å². The lowest BCUT2D eigenvalue weighted by Gasteiger charge is -2.35. The Kier molecular flexibility index (Phi) is 3.76. The monoisotopic (exact) mass is 292 g/mol. The molecule has 2 heterocycles. The first kappa shape index (κ1) is 14.2. The Balaban J connectivity index is 1.90. The van der Waals surface area contributed by atoms with Crippen molar-refractivity contribution in [2.24, 2.45) is 5.73 Å². The maximum Gasteiger partial charge on any atom is 0.302 e. The normalized spacial score (nSPS) is 33.6. The predicted molar refractivity (Wildman–Crippen MR) is 64.0 cm³/mol. The van der Waals surface area contributed by atoms with E-state index in [1.54, 1.807) is 0 Å². The van der Waals surface area contributed by atoms with Crippen LogP contribution in [-0.2, 0) is 24.5 Å². The van der Waals surface area contributed by atoms with Gasteiger partial charge in [-0.05, 0) is 0 Å². The van der Waals surface area contributed by atoms with Gasteiger partial charge in [-0.2, -0.15) is 17.4 Å². The summed E-state index contributed by atoms with van der Waals surface area (Å²) < 4.78 is 31.9. The highest BCUT2D eigenvalue weighted by molar-refractivity contribution is 7.87. The summed E-state index contributed by atoms with van der Waals surface area (Å²) in [6.45, 7) is 1.52. The van der Waals surface area contributed by atoms with Crippen LogP contribution in [0.25, 0.3) is 0 Å². The molecule has 9 nitrogen and oxygen atoms in total. The number of hydrogen-bond donors (Lipinski definition) is 3. The minimum atomic E-state index is -3.61. The summed E-state index contributed by atoms with van der Waals surface area (Å²) in [5.41, 5.74) is 5.54. The van der Waals surface area contributed by atoms with Gasteiger partial charge < -0.3 is 15.8 Å². The number of nitrogens with zero attached hydrogens (tertiary/aromatic N) is 1. The molecule has 19 heavy (non-hydrogen) atoms. The molecule has 108 valence electrons. The van der Waals surface area contributed by atoms with Crippen molar-refractivity contribution >= 4 is 22.1 Å². The molecule has 2 aliphatic heterocycles. The number of carbonyl (C=O) groups is 2. The molecular weight excluding hydrogens is 276 g/mol. The average molecular weight is 292 g/mol. The van der Waals surface area contributed by atoms with Crippen molar-refractivity contribution in [1.82, 2.24) is 14.3 Å². The zero-order valence-corrected chi connectivity index (χ0v) is 11.1. The van der Waals surface area contributed by atoms with Crippen LogP contribution in [0.3, 0.4) is 0 Å². The van der Waals surface area contributed by atoms with E-state index in [0.29, 0.717) is 0 Å². The second-order valence-electron chi connectivity index (χ2n) is 4.58. The van der Waals surface area contributed by atoms with E-state index in [0.717, 1.165) is 0 Å². The minimum absolute atomic E-state index is 0.0197. The highest BCUT2D eigenvalue weighted by Crippen LogP contribution is 2.14. The summed E-state index contributed by atoms with van der Waals surface area (Å²) >= 11 is 0. The Bertz CT molecular complexity index is 493. The second-order valence-corrected chi connectivity index (χ2v) is 6.28. The van der Waals surface area contributed by atoms with Crippen LogP contribution in [0.5, 0.6) is 0 Å². The van der Waals surface area contributed by atoms with Gasteiger partial charge in [-0.15, -0.1) is 0 Å². The smallest absolute Gasteiger partial charge is 0.302 e. The molecule has 0 radical (unpaired) electrons. The van der Waals surface area contributed by atoms with Crippen LogP contribution in [-0.4, -0.2) is 62.4 Å². The van der Waals surface area contributed by atoms with Gasteiger partial charge in [-0.1, -0.05) is 0 Å². The molecule has 0 aromatic heterocycles. The van der Waals surface area contributed by atoms with Gasteiger partial charge in [0, 0.05) is 20.0 Å². The number of β-lactam (4-membered cyclic amide) rings is 1. The Morgan fingerprint density at radius 2 is 2.26 bits per heavy atom. The number of ether oxygens (including phenoxy) is 1. The molecule has 0 aromatic carbocycles. The van der Waals surface area contributed by atoms with Crippen molar-refractivity contribution in [3.05, 3.63) is 0 Å². The van der Waals surface area contributed by atoms with Gasteiger partial charge in [-0.3, -0.25) is 9.59 Å². The highest BCUT2D eigenvalue weighted by Gasteiger charge is 2.43. The van der Waals surface area contributed by atoms with E-state index in [1.807, 2.05) is 0 Å². The molecule has 0 saturated carbocycles. The molecule has 3 atom stereocenters. The lowest BCUT2D eigenvalue weighted by Crippen LogP contribution is -2.69. The maximum atomic E-state index is 11.8. The number of nitrogens with two attached hydrogens (primary N) is 1. The van der Waals surface area contributed by atoms with Gasteiger partial charge in [0.25, 0.3) is 10.2 Å².